The maximum absolute atomic E-state index is 12.5. The molecule has 2 aromatic carbocycles. The van der Waals surface area contributed by atoms with E-state index in [1.807, 2.05) is 24.3 Å². The van der Waals surface area contributed by atoms with Crippen molar-refractivity contribution in [3.05, 3.63) is 54.1 Å². The lowest BCUT2D eigenvalue weighted by atomic mass is 10.0. The summed E-state index contributed by atoms with van der Waals surface area (Å²) in [6.07, 6.45) is 5.39. The predicted molar refractivity (Wildman–Crippen MR) is 105 cm³/mol. The van der Waals surface area contributed by atoms with Crippen LogP contribution >= 0.6 is 0 Å². The van der Waals surface area contributed by atoms with E-state index in [9.17, 15) is 13.6 Å². The molecule has 0 aromatic heterocycles. The van der Waals surface area contributed by atoms with Gasteiger partial charge in [-0.1, -0.05) is 31.5 Å². The topological polar surface area (TPSA) is 44.8 Å². The molecule has 0 amide bonds. The number of aldehydes is 1. The molecule has 4 nitrogen and oxygen atoms in total. The summed E-state index contributed by atoms with van der Waals surface area (Å²) >= 11 is 0. The van der Waals surface area contributed by atoms with Crippen LogP contribution in [0.3, 0.4) is 0 Å². The van der Waals surface area contributed by atoms with Crippen molar-refractivity contribution in [3.8, 4) is 22.6 Å². The Morgan fingerprint density at radius 3 is 2.43 bits per heavy atom. The molecule has 0 unspecified atom stereocenters. The lowest BCUT2D eigenvalue weighted by Crippen LogP contribution is -2.07. The first kappa shape index (κ1) is 21.6. The van der Waals surface area contributed by atoms with Crippen LogP contribution in [0, 0.1) is 0 Å². The molecular formula is C22H24F2O4. The summed E-state index contributed by atoms with van der Waals surface area (Å²) in [6, 6.07) is 12.3. The highest BCUT2D eigenvalue weighted by Crippen LogP contribution is 2.29. The molecule has 2 aromatic rings. The Labute approximate surface area is 163 Å². The van der Waals surface area contributed by atoms with E-state index >= 15 is 0 Å². The van der Waals surface area contributed by atoms with Gasteiger partial charge in [-0.05, 0) is 54.0 Å². The lowest BCUT2D eigenvalue weighted by molar-refractivity contribution is -0.104. The number of ether oxygens (including phenoxy) is 3. The minimum atomic E-state index is -2.93. The number of rotatable bonds is 12. The maximum Gasteiger partial charge on any atom is 0.387 e. The van der Waals surface area contributed by atoms with Gasteiger partial charge in [-0.3, -0.25) is 4.79 Å². The van der Waals surface area contributed by atoms with Crippen LogP contribution < -0.4 is 9.47 Å². The van der Waals surface area contributed by atoms with Gasteiger partial charge in [-0.25, -0.2) is 0 Å². The van der Waals surface area contributed by atoms with Gasteiger partial charge < -0.3 is 14.2 Å². The quantitative estimate of drug-likeness (QED) is 0.278. The molecule has 0 spiro atoms. The van der Waals surface area contributed by atoms with E-state index in [1.165, 1.54) is 18.2 Å². The third kappa shape index (κ3) is 7.12. The second-order valence-corrected chi connectivity index (χ2v) is 5.97. The number of hydrogen-bond donors (Lipinski definition) is 0. The summed E-state index contributed by atoms with van der Waals surface area (Å²) in [5, 5.41) is 0. The molecule has 0 bridgehead atoms. The van der Waals surface area contributed by atoms with E-state index in [4.69, 9.17) is 9.47 Å². The number of hydrogen-bond acceptors (Lipinski definition) is 4. The fourth-order valence-electron chi connectivity index (χ4n) is 2.52. The zero-order valence-electron chi connectivity index (χ0n) is 15.8. The largest absolute Gasteiger partial charge is 0.491 e. The van der Waals surface area contributed by atoms with Crippen molar-refractivity contribution >= 4 is 12.4 Å². The third-order valence-corrected chi connectivity index (χ3v) is 3.91. The van der Waals surface area contributed by atoms with Crippen molar-refractivity contribution in [1.82, 2.24) is 0 Å². The molecular weight excluding hydrogens is 366 g/mol. The summed E-state index contributed by atoms with van der Waals surface area (Å²) < 4.78 is 40.7. The molecule has 2 rings (SSSR count). The highest BCUT2D eigenvalue weighted by Gasteiger charge is 2.10. The van der Waals surface area contributed by atoms with Gasteiger partial charge in [0.25, 0.3) is 0 Å². The molecule has 0 aliphatic carbocycles. The SMILES string of the molecule is CCCCOCCOc1ccc(-c2ccc(OC(F)F)c(/C=C/C=O)c2)cc1. The Morgan fingerprint density at radius 2 is 1.75 bits per heavy atom. The van der Waals surface area contributed by atoms with Crippen molar-refractivity contribution in [2.45, 2.75) is 26.4 Å². The monoisotopic (exact) mass is 390 g/mol. The van der Waals surface area contributed by atoms with Gasteiger partial charge in [0.1, 0.15) is 24.4 Å². The molecule has 150 valence electrons. The number of unbranched alkanes of at least 4 members (excludes halogenated alkanes) is 1. The molecule has 0 heterocycles. The molecule has 0 atom stereocenters. The molecule has 0 N–H and O–H groups in total. The van der Waals surface area contributed by atoms with Crippen LogP contribution in [0.2, 0.25) is 0 Å². The van der Waals surface area contributed by atoms with Crippen LogP contribution in [0.5, 0.6) is 11.5 Å². The van der Waals surface area contributed by atoms with Gasteiger partial charge in [-0.2, -0.15) is 8.78 Å². The fraction of sp³-hybridized carbons (Fsp3) is 0.318. The second-order valence-electron chi connectivity index (χ2n) is 5.97. The highest BCUT2D eigenvalue weighted by atomic mass is 19.3. The normalized spacial score (nSPS) is 11.1. The molecule has 0 fully saturated rings. The zero-order valence-corrected chi connectivity index (χ0v) is 15.8. The van der Waals surface area contributed by atoms with Gasteiger partial charge in [0.2, 0.25) is 0 Å². The standard InChI is InChI=1S/C22H24F2O4/c1-2-3-13-26-14-15-27-20-9-6-17(7-10-20)18-8-11-21(28-22(23)24)19(16-18)5-4-12-25/h4-12,16,22H,2-3,13-15H2,1H3/b5-4+. The molecule has 0 saturated carbocycles. The van der Waals surface area contributed by atoms with Gasteiger partial charge in [0.15, 0.2) is 0 Å². The second kappa shape index (κ2) is 11.9. The average Bonchev–Trinajstić information content (AvgIpc) is 2.70. The average molecular weight is 390 g/mol. The lowest BCUT2D eigenvalue weighted by Gasteiger charge is -2.11. The van der Waals surface area contributed by atoms with Crippen LogP contribution in [0.4, 0.5) is 8.78 Å². The fourth-order valence-corrected chi connectivity index (χ4v) is 2.52. The zero-order chi connectivity index (χ0) is 20.2. The van der Waals surface area contributed by atoms with Crippen molar-refractivity contribution < 1.29 is 27.8 Å². The van der Waals surface area contributed by atoms with E-state index in [-0.39, 0.29) is 5.75 Å². The first-order chi connectivity index (χ1) is 13.6. The highest BCUT2D eigenvalue weighted by molar-refractivity contribution is 5.78. The summed E-state index contributed by atoms with van der Waals surface area (Å²) in [7, 11) is 0. The Hall–Kier alpha value is -2.73. The van der Waals surface area contributed by atoms with Crippen LogP contribution in [-0.2, 0) is 9.53 Å². The summed E-state index contributed by atoms with van der Waals surface area (Å²) in [5.41, 5.74) is 2.09. The predicted octanol–water partition coefficient (Wildman–Crippen LogP) is 5.36. The molecule has 0 aliphatic heterocycles. The van der Waals surface area contributed by atoms with Crippen molar-refractivity contribution in [3.63, 3.8) is 0 Å². The number of carbonyl (C=O) groups is 1. The summed E-state index contributed by atoms with van der Waals surface area (Å²) in [4.78, 5) is 10.6. The first-order valence-corrected chi connectivity index (χ1v) is 9.15. The first-order valence-electron chi connectivity index (χ1n) is 9.15. The van der Waals surface area contributed by atoms with Gasteiger partial charge in [0.05, 0.1) is 6.61 Å². The Bertz CT molecular complexity index is 758. The third-order valence-electron chi connectivity index (χ3n) is 3.91. The van der Waals surface area contributed by atoms with Crippen LogP contribution in [0.1, 0.15) is 25.3 Å². The number of halogens is 2. The molecule has 0 saturated heterocycles. The minimum absolute atomic E-state index is 0.0138. The van der Waals surface area contributed by atoms with E-state index < -0.39 is 6.61 Å². The van der Waals surface area contributed by atoms with Crippen molar-refractivity contribution in [1.29, 1.82) is 0 Å². The minimum Gasteiger partial charge on any atom is -0.491 e. The number of benzene rings is 2. The van der Waals surface area contributed by atoms with E-state index in [1.54, 1.807) is 12.1 Å². The van der Waals surface area contributed by atoms with E-state index in [0.717, 1.165) is 36.3 Å². The Kier molecular flexibility index (Phi) is 9.15. The Balaban J connectivity index is 2.04. The molecule has 6 heteroatoms. The maximum atomic E-state index is 12.5. The van der Waals surface area contributed by atoms with Crippen LogP contribution in [-0.4, -0.2) is 32.7 Å². The van der Waals surface area contributed by atoms with Gasteiger partial charge in [0, 0.05) is 12.2 Å². The smallest absolute Gasteiger partial charge is 0.387 e. The number of alkyl halides is 2. The van der Waals surface area contributed by atoms with Gasteiger partial charge in [-0.15, -0.1) is 0 Å². The number of carbonyl (C=O) groups excluding carboxylic acids is 1. The van der Waals surface area contributed by atoms with E-state index in [2.05, 4.69) is 11.7 Å². The summed E-state index contributed by atoms with van der Waals surface area (Å²) in [6.45, 7) is 0.938. The number of allylic oxidation sites excluding steroid dienone is 1. The van der Waals surface area contributed by atoms with Crippen LogP contribution in [0.25, 0.3) is 17.2 Å². The molecule has 0 radical (unpaired) electrons. The van der Waals surface area contributed by atoms with Crippen molar-refractivity contribution in [2.24, 2.45) is 0 Å². The van der Waals surface area contributed by atoms with Crippen LogP contribution in [0.15, 0.2) is 48.5 Å². The van der Waals surface area contributed by atoms with Gasteiger partial charge >= 0.3 is 6.61 Å². The molecule has 28 heavy (non-hydrogen) atoms. The Morgan fingerprint density at radius 1 is 1.00 bits per heavy atom. The van der Waals surface area contributed by atoms with Crippen molar-refractivity contribution in [2.75, 3.05) is 19.8 Å². The molecule has 0 aliphatic rings. The van der Waals surface area contributed by atoms with E-state index in [0.29, 0.717) is 25.1 Å². The summed E-state index contributed by atoms with van der Waals surface area (Å²) in [5.74, 6) is 0.737.